The largest absolute Gasteiger partial charge is 0.348 e. The second kappa shape index (κ2) is 3.16. The van der Waals surface area contributed by atoms with Gasteiger partial charge in [0.25, 0.3) is 0 Å². The van der Waals surface area contributed by atoms with Gasteiger partial charge >= 0.3 is 5.69 Å². The van der Waals surface area contributed by atoms with Gasteiger partial charge in [-0.25, -0.2) is 19.3 Å². The topological polar surface area (TPSA) is 63.0 Å². The summed E-state index contributed by atoms with van der Waals surface area (Å²) in [6, 6.07) is 0. The molecule has 0 atom stereocenters. The fourth-order valence-corrected chi connectivity index (χ4v) is 3.79. The van der Waals surface area contributed by atoms with E-state index < -0.39 is 0 Å². The number of aromatic amines is 1. The lowest BCUT2D eigenvalue weighted by molar-refractivity contribution is 0.700. The number of hydrogen-bond donors (Lipinski definition) is 1. The Morgan fingerprint density at radius 3 is 3.18 bits per heavy atom. The standard InChI is InChI=1S/C11H10N4OS/c16-11-14-13-9-8-6-3-1-2-4-7(6)17-10(8)12-5-15(9)11/h5H,1-4H2,(H,14,16). The summed E-state index contributed by atoms with van der Waals surface area (Å²) in [6.45, 7) is 0. The molecule has 86 valence electrons. The van der Waals surface area contributed by atoms with Gasteiger partial charge in [0.1, 0.15) is 11.2 Å². The molecule has 5 nitrogen and oxygen atoms in total. The molecule has 17 heavy (non-hydrogen) atoms. The van der Waals surface area contributed by atoms with Crippen LogP contribution in [0.1, 0.15) is 23.3 Å². The van der Waals surface area contributed by atoms with Gasteiger partial charge in [0.05, 0.1) is 5.39 Å². The zero-order chi connectivity index (χ0) is 11.4. The van der Waals surface area contributed by atoms with Crippen molar-refractivity contribution in [1.29, 1.82) is 0 Å². The summed E-state index contributed by atoms with van der Waals surface area (Å²) in [4.78, 5) is 18.3. The molecule has 0 aliphatic heterocycles. The van der Waals surface area contributed by atoms with Crippen LogP contribution in [0.25, 0.3) is 15.9 Å². The van der Waals surface area contributed by atoms with Crippen molar-refractivity contribution in [2.24, 2.45) is 0 Å². The van der Waals surface area contributed by atoms with Gasteiger partial charge < -0.3 is 0 Å². The van der Waals surface area contributed by atoms with Crippen molar-refractivity contribution in [1.82, 2.24) is 19.6 Å². The first-order valence-corrected chi connectivity index (χ1v) is 6.52. The molecule has 1 aliphatic carbocycles. The predicted octanol–water partition coefficient (Wildman–Crippen LogP) is 1.51. The van der Waals surface area contributed by atoms with E-state index in [-0.39, 0.29) is 5.69 Å². The second-order valence-electron chi connectivity index (χ2n) is 4.36. The quantitative estimate of drug-likeness (QED) is 0.654. The molecule has 1 aliphatic rings. The van der Waals surface area contributed by atoms with Crippen LogP contribution in [0, 0.1) is 0 Å². The molecule has 1 N–H and O–H groups in total. The first-order chi connectivity index (χ1) is 8.34. The molecule has 0 radical (unpaired) electrons. The van der Waals surface area contributed by atoms with Crippen LogP contribution in [-0.2, 0) is 12.8 Å². The normalized spacial score (nSPS) is 15.5. The highest BCUT2D eigenvalue weighted by molar-refractivity contribution is 7.19. The summed E-state index contributed by atoms with van der Waals surface area (Å²) >= 11 is 1.74. The third kappa shape index (κ3) is 1.16. The van der Waals surface area contributed by atoms with Gasteiger partial charge in [0.15, 0.2) is 5.65 Å². The first-order valence-electron chi connectivity index (χ1n) is 5.70. The molecule has 4 rings (SSSR count). The summed E-state index contributed by atoms with van der Waals surface area (Å²) in [5.41, 5.74) is 1.86. The minimum atomic E-state index is -0.217. The lowest BCUT2D eigenvalue weighted by atomic mass is 9.97. The van der Waals surface area contributed by atoms with Crippen LogP contribution < -0.4 is 5.69 Å². The van der Waals surface area contributed by atoms with E-state index >= 15 is 0 Å². The Kier molecular flexibility index (Phi) is 1.74. The third-order valence-corrected chi connectivity index (χ3v) is 4.57. The van der Waals surface area contributed by atoms with Crippen molar-refractivity contribution < 1.29 is 0 Å². The van der Waals surface area contributed by atoms with E-state index in [9.17, 15) is 4.79 Å². The van der Waals surface area contributed by atoms with Crippen LogP contribution in [0.2, 0.25) is 0 Å². The van der Waals surface area contributed by atoms with Crippen molar-refractivity contribution in [2.75, 3.05) is 0 Å². The van der Waals surface area contributed by atoms with Gasteiger partial charge in [-0.3, -0.25) is 0 Å². The maximum atomic E-state index is 11.5. The van der Waals surface area contributed by atoms with E-state index in [2.05, 4.69) is 15.2 Å². The second-order valence-corrected chi connectivity index (χ2v) is 5.44. The van der Waals surface area contributed by atoms with Crippen molar-refractivity contribution in [3.05, 3.63) is 27.3 Å². The highest BCUT2D eigenvalue weighted by Crippen LogP contribution is 2.36. The Hall–Kier alpha value is -1.69. The van der Waals surface area contributed by atoms with Crippen molar-refractivity contribution in [2.45, 2.75) is 25.7 Å². The highest BCUT2D eigenvalue weighted by atomic mass is 32.1. The molecule has 3 heterocycles. The molecule has 3 aromatic heterocycles. The van der Waals surface area contributed by atoms with E-state index in [0.717, 1.165) is 28.7 Å². The van der Waals surface area contributed by atoms with Crippen molar-refractivity contribution in [3.63, 3.8) is 0 Å². The monoisotopic (exact) mass is 246 g/mol. The third-order valence-electron chi connectivity index (χ3n) is 3.37. The molecular formula is C11H10N4OS. The molecule has 6 heteroatoms. The highest BCUT2D eigenvalue weighted by Gasteiger charge is 2.20. The number of nitrogens with zero attached hydrogens (tertiary/aromatic N) is 3. The number of hydrogen-bond acceptors (Lipinski definition) is 4. The van der Waals surface area contributed by atoms with Crippen LogP contribution in [0.4, 0.5) is 0 Å². The van der Waals surface area contributed by atoms with Crippen LogP contribution in [0.15, 0.2) is 11.1 Å². The summed E-state index contributed by atoms with van der Waals surface area (Å²) < 4.78 is 1.49. The molecule has 0 saturated carbocycles. The minimum absolute atomic E-state index is 0.217. The lowest BCUT2D eigenvalue weighted by Crippen LogP contribution is -2.09. The smallest absolute Gasteiger partial charge is 0.246 e. The molecule has 0 bridgehead atoms. The molecule has 0 unspecified atom stereocenters. The SMILES string of the molecule is O=c1[nH]nc2c3c4c(sc3ncn12)CCCC4. The minimum Gasteiger partial charge on any atom is -0.246 e. The van der Waals surface area contributed by atoms with Crippen molar-refractivity contribution in [3.8, 4) is 0 Å². The van der Waals surface area contributed by atoms with Gasteiger partial charge in [0, 0.05) is 4.88 Å². The molecular weight excluding hydrogens is 236 g/mol. The van der Waals surface area contributed by atoms with E-state index in [0.29, 0.717) is 0 Å². The average Bonchev–Trinajstić information content (AvgIpc) is 2.90. The average molecular weight is 246 g/mol. The summed E-state index contributed by atoms with van der Waals surface area (Å²) in [5.74, 6) is 0. The Morgan fingerprint density at radius 1 is 1.35 bits per heavy atom. The molecule has 0 amide bonds. The number of thiophene rings is 1. The lowest BCUT2D eigenvalue weighted by Gasteiger charge is -2.09. The molecule has 0 fully saturated rings. The number of rotatable bonds is 0. The van der Waals surface area contributed by atoms with Gasteiger partial charge in [0.2, 0.25) is 0 Å². The number of fused-ring (bicyclic) bond motifs is 5. The summed E-state index contributed by atoms with van der Waals surface area (Å²) in [5, 5.41) is 7.68. The zero-order valence-corrected chi connectivity index (χ0v) is 9.88. The Balaban J connectivity index is 2.24. The van der Waals surface area contributed by atoms with Gasteiger partial charge in [-0.1, -0.05) is 0 Å². The fraction of sp³-hybridized carbons (Fsp3) is 0.364. The molecule has 0 spiro atoms. The van der Waals surface area contributed by atoms with E-state index in [1.807, 2.05) is 0 Å². The number of nitrogens with one attached hydrogen (secondary N) is 1. The van der Waals surface area contributed by atoms with E-state index in [4.69, 9.17) is 0 Å². The Labute approximate surface area is 100 Å². The van der Waals surface area contributed by atoms with Crippen LogP contribution in [-0.4, -0.2) is 19.6 Å². The first kappa shape index (κ1) is 9.35. The Bertz CT molecular complexity index is 782. The molecule has 3 aromatic rings. The maximum Gasteiger partial charge on any atom is 0.348 e. The fourth-order valence-electron chi connectivity index (χ4n) is 2.57. The van der Waals surface area contributed by atoms with Gasteiger partial charge in [-0.2, -0.15) is 5.10 Å². The van der Waals surface area contributed by atoms with E-state index in [1.165, 1.54) is 27.7 Å². The summed E-state index contributed by atoms with van der Waals surface area (Å²) in [7, 11) is 0. The molecule has 0 saturated heterocycles. The Morgan fingerprint density at radius 2 is 2.24 bits per heavy atom. The summed E-state index contributed by atoms with van der Waals surface area (Å²) in [6.07, 6.45) is 6.25. The zero-order valence-electron chi connectivity index (χ0n) is 9.06. The van der Waals surface area contributed by atoms with Crippen LogP contribution in [0.3, 0.4) is 0 Å². The van der Waals surface area contributed by atoms with Gasteiger partial charge in [-0.15, -0.1) is 11.3 Å². The van der Waals surface area contributed by atoms with E-state index in [1.54, 1.807) is 17.7 Å². The molecule has 0 aromatic carbocycles. The maximum absolute atomic E-state index is 11.5. The van der Waals surface area contributed by atoms with Crippen LogP contribution >= 0.6 is 11.3 Å². The van der Waals surface area contributed by atoms with Gasteiger partial charge in [-0.05, 0) is 31.2 Å². The number of aromatic nitrogens is 4. The number of H-pyrrole nitrogens is 1. The van der Waals surface area contributed by atoms with Crippen molar-refractivity contribution >= 4 is 27.2 Å². The van der Waals surface area contributed by atoms with Crippen LogP contribution in [0.5, 0.6) is 0 Å². The number of aryl methyl sites for hydroxylation is 2. The predicted molar refractivity (Wildman–Crippen MR) is 65.6 cm³/mol.